The van der Waals surface area contributed by atoms with Crippen molar-refractivity contribution in [1.82, 2.24) is 25.1 Å². The molecule has 9 nitrogen and oxygen atoms in total. The van der Waals surface area contributed by atoms with E-state index in [-0.39, 0.29) is 11.8 Å². The highest BCUT2D eigenvalue weighted by Crippen LogP contribution is 2.32. The van der Waals surface area contributed by atoms with E-state index in [2.05, 4.69) is 43.7 Å². The summed E-state index contributed by atoms with van der Waals surface area (Å²) in [6.45, 7) is 5.17. The van der Waals surface area contributed by atoms with E-state index < -0.39 is 0 Å². The molecule has 1 fully saturated rings. The highest BCUT2D eigenvalue weighted by molar-refractivity contribution is 5.74. The number of hydrogen-bond donors (Lipinski definition) is 2. The second-order valence-electron chi connectivity index (χ2n) is 8.61. The van der Waals surface area contributed by atoms with Crippen LogP contribution in [0.2, 0.25) is 0 Å². The summed E-state index contributed by atoms with van der Waals surface area (Å²) >= 11 is 0. The Morgan fingerprint density at radius 2 is 1.97 bits per heavy atom. The van der Waals surface area contributed by atoms with Crippen molar-refractivity contribution in [2.75, 3.05) is 55.8 Å². The van der Waals surface area contributed by atoms with Crippen LogP contribution in [-0.2, 0) is 0 Å². The van der Waals surface area contributed by atoms with Gasteiger partial charge in [0.1, 0.15) is 11.6 Å². The molecule has 0 amide bonds. The number of hydrogen-bond acceptors (Lipinski definition) is 9. The van der Waals surface area contributed by atoms with Gasteiger partial charge < -0.3 is 20.6 Å². The van der Waals surface area contributed by atoms with Crippen molar-refractivity contribution in [3.05, 3.63) is 48.4 Å². The molecule has 1 aliphatic heterocycles. The molecule has 3 aromatic rings. The summed E-state index contributed by atoms with van der Waals surface area (Å²) < 4.78 is 0. The Kier molecular flexibility index (Phi) is 7.09. The fraction of sp³-hybridized carbons (Fsp3) is 0.360. The first-order valence-electron chi connectivity index (χ1n) is 11.3. The summed E-state index contributed by atoms with van der Waals surface area (Å²) in [5, 5.41) is 18.6. The maximum Gasteiger partial charge on any atom is 0.206 e. The van der Waals surface area contributed by atoms with Gasteiger partial charge in [-0.2, -0.15) is 0 Å². The highest BCUT2D eigenvalue weighted by atomic mass is 16.3. The van der Waals surface area contributed by atoms with Crippen molar-refractivity contribution in [1.29, 1.82) is 0 Å². The number of para-hydroxylation sites is 1. The Morgan fingerprint density at radius 3 is 2.76 bits per heavy atom. The second-order valence-corrected chi connectivity index (χ2v) is 8.61. The third-order valence-electron chi connectivity index (χ3n) is 5.81. The van der Waals surface area contributed by atoms with Gasteiger partial charge in [0.15, 0.2) is 5.82 Å². The first-order chi connectivity index (χ1) is 16.4. The van der Waals surface area contributed by atoms with Crippen molar-refractivity contribution in [2.24, 2.45) is 0 Å². The summed E-state index contributed by atoms with van der Waals surface area (Å²) in [6.07, 6.45) is 2.68. The second kappa shape index (κ2) is 10.4. The molecular formula is C25H30N8O. The molecule has 176 valence electrons. The smallest absolute Gasteiger partial charge is 0.206 e. The molecule has 0 aliphatic carbocycles. The first kappa shape index (κ1) is 23.3. The number of aromatic nitrogens is 4. The van der Waals surface area contributed by atoms with Crippen LogP contribution in [0.4, 0.5) is 17.3 Å². The lowest BCUT2D eigenvalue weighted by Gasteiger charge is -2.28. The van der Waals surface area contributed by atoms with E-state index in [1.165, 1.54) is 0 Å². The van der Waals surface area contributed by atoms with Crippen molar-refractivity contribution in [3.63, 3.8) is 0 Å². The molecule has 1 saturated heterocycles. The van der Waals surface area contributed by atoms with Crippen LogP contribution in [0.1, 0.15) is 19.2 Å². The number of phenolic OH excluding ortho intramolecular Hbond substituents is 1. The molecule has 1 atom stereocenters. The quantitative estimate of drug-likeness (QED) is 0.569. The molecule has 0 saturated carbocycles. The van der Waals surface area contributed by atoms with Gasteiger partial charge in [0.25, 0.3) is 0 Å². The predicted octanol–water partition coefficient (Wildman–Crippen LogP) is 2.24. The van der Waals surface area contributed by atoms with Gasteiger partial charge >= 0.3 is 0 Å². The summed E-state index contributed by atoms with van der Waals surface area (Å²) in [7, 11) is 3.96. The van der Waals surface area contributed by atoms with Gasteiger partial charge in [0, 0.05) is 37.4 Å². The standard InChI is InChI=1S/C25H30N8O/c1-18-11-14-32(21-17-20(29-30-25(21)26)19-7-4-5-8-22(19)34)15-16-33(18)24-10-12-27-23(28-24)9-6-13-31(2)3/h4-5,7-8,10,12,17-18,34H,11,13-16H2,1-3H3,(H2,26,30)/t18-/m1/s1. The number of nitrogen functional groups attached to an aromatic ring is 1. The molecule has 1 aromatic carbocycles. The van der Waals surface area contributed by atoms with Gasteiger partial charge in [-0.05, 0) is 57.6 Å². The van der Waals surface area contributed by atoms with Crippen LogP contribution in [0.3, 0.4) is 0 Å². The van der Waals surface area contributed by atoms with Gasteiger partial charge in [-0.25, -0.2) is 9.97 Å². The number of nitrogens with zero attached hydrogens (tertiary/aromatic N) is 7. The SMILES string of the molecule is C[C@@H]1CCN(c2cc(-c3ccccc3O)nnc2N)CCN1c1ccnc(C#CCN(C)C)n1. The van der Waals surface area contributed by atoms with Gasteiger partial charge in [0.2, 0.25) is 5.82 Å². The minimum absolute atomic E-state index is 0.163. The molecule has 9 heteroatoms. The summed E-state index contributed by atoms with van der Waals surface area (Å²) in [5.74, 6) is 8.08. The molecule has 3 heterocycles. The zero-order valence-electron chi connectivity index (χ0n) is 19.8. The van der Waals surface area contributed by atoms with E-state index in [0.29, 0.717) is 29.4 Å². The fourth-order valence-corrected chi connectivity index (χ4v) is 3.95. The minimum Gasteiger partial charge on any atom is -0.507 e. The third kappa shape index (κ3) is 5.35. The number of nitrogens with two attached hydrogens (primary N) is 1. The largest absolute Gasteiger partial charge is 0.507 e. The average molecular weight is 459 g/mol. The van der Waals surface area contributed by atoms with Crippen LogP contribution >= 0.6 is 0 Å². The lowest BCUT2D eigenvalue weighted by Crippen LogP contribution is -2.35. The lowest BCUT2D eigenvalue weighted by atomic mass is 10.1. The molecule has 0 unspecified atom stereocenters. The van der Waals surface area contributed by atoms with E-state index in [1.807, 2.05) is 43.3 Å². The molecule has 0 bridgehead atoms. The monoisotopic (exact) mass is 458 g/mol. The van der Waals surface area contributed by atoms with Crippen LogP contribution in [0.15, 0.2) is 42.6 Å². The summed E-state index contributed by atoms with van der Waals surface area (Å²) in [5.41, 5.74) is 8.26. The topological polar surface area (TPSA) is 108 Å². The molecule has 3 N–H and O–H groups in total. The zero-order chi connectivity index (χ0) is 24.1. The van der Waals surface area contributed by atoms with Crippen LogP contribution in [0.5, 0.6) is 5.75 Å². The number of aromatic hydroxyl groups is 1. The van der Waals surface area contributed by atoms with Gasteiger partial charge in [-0.15, -0.1) is 10.2 Å². The van der Waals surface area contributed by atoms with E-state index in [1.54, 1.807) is 18.3 Å². The molecular weight excluding hydrogens is 428 g/mol. The van der Waals surface area contributed by atoms with Crippen molar-refractivity contribution >= 4 is 17.3 Å². The zero-order valence-corrected chi connectivity index (χ0v) is 19.8. The Balaban J connectivity index is 1.55. The van der Waals surface area contributed by atoms with Gasteiger partial charge in [-0.1, -0.05) is 18.1 Å². The average Bonchev–Trinajstić information content (AvgIpc) is 3.01. The lowest BCUT2D eigenvalue weighted by molar-refractivity contribution is 0.464. The molecule has 34 heavy (non-hydrogen) atoms. The molecule has 2 aromatic heterocycles. The van der Waals surface area contributed by atoms with Crippen LogP contribution in [0, 0.1) is 11.8 Å². The highest BCUT2D eigenvalue weighted by Gasteiger charge is 2.24. The van der Waals surface area contributed by atoms with Crippen LogP contribution in [0.25, 0.3) is 11.3 Å². The van der Waals surface area contributed by atoms with Crippen molar-refractivity contribution in [3.8, 4) is 28.8 Å². The molecule has 1 aliphatic rings. The molecule has 4 rings (SSSR count). The Bertz CT molecular complexity index is 1200. The number of rotatable bonds is 4. The predicted molar refractivity (Wildman–Crippen MR) is 135 cm³/mol. The number of phenols is 1. The maximum absolute atomic E-state index is 10.2. The van der Waals surface area contributed by atoms with E-state index >= 15 is 0 Å². The number of benzene rings is 1. The van der Waals surface area contributed by atoms with Crippen molar-refractivity contribution < 1.29 is 5.11 Å². The summed E-state index contributed by atoms with van der Waals surface area (Å²) in [4.78, 5) is 15.5. The van der Waals surface area contributed by atoms with E-state index in [0.717, 1.165) is 37.6 Å². The Morgan fingerprint density at radius 1 is 1.15 bits per heavy atom. The van der Waals surface area contributed by atoms with Gasteiger partial charge in [-0.3, -0.25) is 4.90 Å². The Hall–Kier alpha value is -3.90. The third-order valence-corrected chi connectivity index (χ3v) is 5.81. The maximum atomic E-state index is 10.2. The summed E-state index contributed by atoms with van der Waals surface area (Å²) in [6, 6.07) is 11.2. The molecule has 0 spiro atoms. The van der Waals surface area contributed by atoms with Crippen LogP contribution in [-0.4, -0.2) is 76.5 Å². The van der Waals surface area contributed by atoms with Crippen molar-refractivity contribution in [2.45, 2.75) is 19.4 Å². The normalized spacial score (nSPS) is 16.2. The number of anilines is 3. The Labute approximate surface area is 200 Å². The van der Waals surface area contributed by atoms with E-state index in [9.17, 15) is 5.11 Å². The minimum atomic E-state index is 0.163. The first-order valence-corrected chi connectivity index (χ1v) is 11.3. The molecule has 0 radical (unpaired) electrons. The fourth-order valence-electron chi connectivity index (χ4n) is 3.95. The van der Waals surface area contributed by atoms with Gasteiger partial charge in [0.05, 0.1) is 17.9 Å². The van der Waals surface area contributed by atoms with E-state index in [4.69, 9.17) is 10.7 Å². The van der Waals surface area contributed by atoms with Crippen LogP contribution < -0.4 is 15.5 Å².